The standard InChI is InChI=1S/C19H20N2O6/c1-25-14-6-4-5-13(9-14)10-21-17(22)11-27-18(23)12-26-16-8-3-2-7-15(16)19(20)24/h2-9H,10-12H2,1H3,(H2,20,24)(H,21,22). The van der Waals surface area contributed by atoms with E-state index in [0.717, 1.165) is 5.56 Å². The van der Waals surface area contributed by atoms with Crippen LogP contribution >= 0.6 is 0 Å². The molecule has 0 spiro atoms. The van der Waals surface area contributed by atoms with Crippen LogP contribution in [0.2, 0.25) is 0 Å². The summed E-state index contributed by atoms with van der Waals surface area (Å²) in [6.07, 6.45) is 0. The van der Waals surface area contributed by atoms with Gasteiger partial charge in [0.05, 0.1) is 12.7 Å². The van der Waals surface area contributed by atoms with Crippen molar-refractivity contribution in [3.63, 3.8) is 0 Å². The van der Waals surface area contributed by atoms with Crippen LogP contribution in [0, 0.1) is 0 Å². The maximum absolute atomic E-state index is 11.8. The Kier molecular flexibility index (Phi) is 7.18. The van der Waals surface area contributed by atoms with E-state index >= 15 is 0 Å². The summed E-state index contributed by atoms with van der Waals surface area (Å²) in [5.41, 5.74) is 6.22. The Hall–Kier alpha value is -3.55. The second-order valence-electron chi connectivity index (χ2n) is 5.44. The molecule has 0 bridgehead atoms. The van der Waals surface area contributed by atoms with E-state index in [1.807, 2.05) is 12.1 Å². The van der Waals surface area contributed by atoms with Gasteiger partial charge in [-0.3, -0.25) is 9.59 Å². The highest BCUT2D eigenvalue weighted by molar-refractivity contribution is 5.95. The van der Waals surface area contributed by atoms with Gasteiger partial charge >= 0.3 is 5.97 Å². The van der Waals surface area contributed by atoms with Gasteiger partial charge in [0, 0.05) is 6.54 Å². The summed E-state index contributed by atoms with van der Waals surface area (Å²) in [6.45, 7) is -0.618. The maximum atomic E-state index is 11.8. The first-order valence-corrected chi connectivity index (χ1v) is 8.06. The number of esters is 1. The lowest BCUT2D eigenvalue weighted by Crippen LogP contribution is -2.29. The van der Waals surface area contributed by atoms with E-state index in [0.29, 0.717) is 5.75 Å². The van der Waals surface area contributed by atoms with Crippen molar-refractivity contribution in [1.82, 2.24) is 5.32 Å². The molecular weight excluding hydrogens is 352 g/mol. The van der Waals surface area contributed by atoms with Crippen molar-refractivity contribution in [1.29, 1.82) is 0 Å². The molecule has 0 aliphatic rings. The van der Waals surface area contributed by atoms with Gasteiger partial charge in [-0.2, -0.15) is 0 Å². The third-order valence-corrected chi connectivity index (χ3v) is 3.49. The fraction of sp³-hybridized carbons (Fsp3) is 0.211. The van der Waals surface area contributed by atoms with Gasteiger partial charge in [-0.05, 0) is 29.8 Å². The summed E-state index contributed by atoms with van der Waals surface area (Å²) in [5, 5.41) is 2.63. The predicted molar refractivity (Wildman–Crippen MR) is 96.3 cm³/mol. The zero-order valence-corrected chi connectivity index (χ0v) is 14.8. The van der Waals surface area contributed by atoms with E-state index in [-0.39, 0.29) is 17.9 Å². The normalized spacial score (nSPS) is 9.96. The number of nitrogens with two attached hydrogens (primary N) is 1. The highest BCUT2D eigenvalue weighted by Crippen LogP contribution is 2.17. The van der Waals surface area contributed by atoms with Crippen molar-refractivity contribution >= 4 is 17.8 Å². The van der Waals surface area contributed by atoms with Gasteiger partial charge in [0.25, 0.3) is 11.8 Å². The Morgan fingerprint density at radius 3 is 2.56 bits per heavy atom. The van der Waals surface area contributed by atoms with E-state index in [1.165, 1.54) is 12.1 Å². The molecule has 0 aromatic heterocycles. The molecular formula is C19H20N2O6. The quantitative estimate of drug-likeness (QED) is 0.635. The Bertz CT molecular complexity index is 821. The Morgan fingerprint density at radius 2 is 1.81 bits per heavy atom. The van der Waals surface area contributed by atoms with Crippen LogP contribution in [0.4, 0.5) is 0 Å². The van der Waals surface area contributed by atoms with Crippen LogP contribution in [0.1, 0.15) is 15.9 Å². The number of primary amides is 1. The third-order valence-electron chi connectivity index (χ3n) is 3.49. The first-order valence-electron chi connectivity index (χ1n) is 8.06. The highest BCUT2D eigenvalue weighted by atomic mass is 16.6. The average molecular weight is 372 g/mol. The molecule has 27 heavy (non-hydrogen) atoms. The van der Waals surface area contributed by atoms with Crippen molar-refractivity contribution < 1.29 is 28.6 Å². The van der Waals surface area contributed by atoms with Crippen molar-refractivity contribution in [2.24, 2.45) is 5.73 Å². The van der Waals surface area contributed by atoms with Gasteiger partial charge in [-0.25, -0.2) is 4.79 Å². The number of carbonyl (C=O) groups excluding carboxylic acids is 3. The topological polar surface area (TPSA) is 117 Å². The molecule has 0 radical (unpaired) electrons. The Balaban J connectivity index is 1.73. The van der Waals surface area contributed by atoms with E-state index in [2.05, 4.69) is 5.32 Å². The third kappa shape index (κ3) is 6.35. The average Bonchev–Trinajstić information content (AvgIpc) is 2.69. The van der Waals surface area contributed by atoms with Crippen LogP contribution in [0.5, 0.6) is 11.5 Å². The number of hydrogen-bond acceptors (Lipinski definition) is 6. The molecule has 3 N–H and O–H groups in total. The number of benzene rings is 2. The molecule has 2 rings (SSSR count). The lowest BCUT2D eigenvalue weighted by Gasteiger charge is -2.10. The maximum Gasteiger partial charge on any atom is 0.344 e. The van der Waals surface area contributed by atoms with Gasteiger partial charge in [-0.1, -0.05) is 24.3 Å². The molecule has 0 heterocycles. The van der Waals surface area contributed by atoms with E-state index < -0.39 is 31.0 Å². The molecule has 0 aliphatic heterocycles. The zero-order valence-electron chi connectivity index (χ0n) is 14.8. The highest BCUT2D eigenvalue weighted by Gasteiger charge is 2.12. The molecule has 0 saturated carbocycles. The Morgan fingerprint density at radius 1 is 1.04 bits per heavy atom. The first-order chi connectivity index (χ1) is 13.0. The van der Waals surface area contributed by atoms with Crippen LogP contribution < -0.4 is 20.5 Å². The fourth-order valence-electron chi connectivity index (χ4n) is 2.15. The van der Waals surface area contributed by atoms with Gasteiger partial charge < -0.3 is 25.3 Å². The van der Waals surface area contributed by atoms with E-state index in [1.54, 1.807) is 31.4 Å². The fourth-order valence-corrected chi connectivity index (χ4v) is 2.15. The van der Waals surface area contributed by atoms with Gasteiger partial charge in [-0.15, -0.1) is 0 Å². The van der Waals surface area contributed by atoms with Crippen LogP contribution in [-0.2, 0) is 20.9 Å². The number of methoxy groups -OCH3 is 1. The summed E-state index contributed by atoms with van der Waals surface area (Å²) >= 11 is 0. The SMILES string of the molecule is COc1cccc(CNC(=O)COC(=O)COc2ccccc2C(N)=O)c1. The minimum absolute atomic E-state index is 0.154. The summed E-state index contributed by atoms with van der Waals surface area (Å²) in [4.78, 5) is 34.7. The minimum atomic E-state index is -0.745. The van der Waals surface area contributed by atoms with Crippen LogP contribution in [0.25, 0.3) is 0 Å². The molecule has 142 valence electrons. The molecule has 8 heteroatoms. The summed E-state index contributed by atoms with van der Waals surface area (Å²) < 4.78 is 15.2. The molecule has 2 aromatic carbocycles. The molecule has 2 amide bonds. The van der Waals surface area contributed by atoms with E-state index in [9.17, 15) is 14.4 Å². The van der Waals surface area contributed by atoms with Crippen LogP contribution in [0.15, 0.2) is 48.5 Å². The Labute approximate surface area is 156 Å². The van der Waals surface area contributed by atoms with Crippen molar-refractivity contribution in [3.05, 3.63) is 59.7 Å². The molecule has 0 saturated heterocycles. The number of para-hydroxylation sites is 1. The molecule has 0 fully saturated rings. The smallest absolute Gasteiger partial charge is 0.344 e. The summed E-state index contributed by atoms with van der Waals surface area (Å²) in [7, 11) is 1.56. The summed E-state index contributed by atoms with van der Waals surface area (Å²) in [6, 6.07) is 13.5. The minimum Gasteiger partial charge on any atom is -0.497 e. The van der Waals surface area contributed by atoms with Crippen molar-refractivity contribution in [3.8, 4) is 11.5 Å². The van der Waals surface area contributed by atoms with Crippen LogP contribution in [0.3, 0.4) is 0 Å². The van der Waals surface area contributed by atoms with Gasteiger partial charge in [0.15, 0.2) is 13.2 Å². The lowest BCUT2D eigenvalue weighted by atomic mass is 10.2. The molecule has 0 atom stereocenters. The van der Waals surface area contributed by atoms with E-state index in [4.69, 9.17) is 19.9 Å². The first kappa shape index (κ1) is 19.8. The second kappa shape index (κ2) is 9.81. The monoisotopic (exact) mass is 372 g/mol. The number of nitrogens with one attached hydrogen (secondary N) is 1. The lowest BCUT2D eigenvalue weighted by molar-refractivity contribution is -0.150. The molecule has 0 aliphatic carbocycles. The number of hydrogen-bond donors (Lipinski definition) is 2. The van der Waals surface area contributed by atoms with Gasteiger partial charge in [0.1, 0.15) is 11.5 Å². The zero-order chi connectivity index (χ0) is 19.6. The number of rotatable bonds is 9. The van der Waals surface area contributed by atoms with Gasteiger partial charge in [0.2, 0.25) is 0 Å². The van der Waals surface area contributed by atoms with Crippen LogP contribution in [-0.4, -0.2) is 38.1 Å². The predicted octanol–water partition coefficient (Wildman–Crippen LogP) is 1.03. The summed E-state index contributed by atoms with van der Waals surface area (Å²) in [5.74, 6) is -1.02. The number of carbonyl (C=O) groups is 3. The number of amides is 2. The molecule has 2 aromatic rings. The van der Waals surface area contributed by atoms with Crippen molar-refractivity contribution in [2.75, 3.05) is 20.3 Å². The largest absolute Gasteiger partial charge is 0.497 e. The second-order valence-corrected chi connectivity index (χ2v) is 5.44. The molecule has 0 unspecified atom stereocenters. The van der Waals surface area contributed by atoms with Crippen molar-refractivity contribution in [2.45, 2.75) is 6.54 Å². The molecule has 8 nitrogen and oxygen atoms in total. The number of ether oxygens (including phenoxy) is 3.